The standard InChI is InChI=1S/C63H119NO13/c1-3-5-7-9-11-13-15-17-19-20-21-22-23-24-25-26-27-28-29-30-31-32-33-34-36-38-40-42-44-46-52(67)51(64-55(68)47-45-43-41-39-37-35-18-16-14-12-10-8-6-4-2)50-74-62-60(73)58(71)61(54(49-66)76-62)77-63-59(72)57(70)56(69)53(48-65)75-63/h36,38,44,46,51-54,56-63,65-67,69-73H,3-35,37,39-43,45,47-50H2,1-2H3,(H,64,68)/b38-36+,46-44+. The number of ether oxygens (including phenoxy) is 4. The summed E-state index contributed by atoms with van der Waals surface area (Å²) >= 11 is 0. The van der Waals surface area contributed by atoms with Gasteiger partial charge in [0, 0.05) is 6.42 Å². The van der Waals surface area contributed by atoms with Crippen LogP contribution in [0.15, 0.2) is 24.3 Å². The molecule has 1 amide bonds. The number of hydrogen-bond donors (Lipinski definition) is 9. The van der Waals surface area contributed by atoms with Crippen LogP contribution in [0.5, 0.6) is 0 Å². The van der Waals surface area contributed by atoms with Gasteiger partial charge in [0.1, 0.15) is 48.8 Å². The van der Waals surface area contributed by atoms with Crippen LogP contribution in [0.4, 0.5) is 0 Å². The van der Waals surface area contributed by atoms with Crippen molar-refractivity contribution in [3.8, 4) is 0 Å². The Morgan fingerprint density at radius 3 is 1.27 bits per heavy atom. The fourth-order valence-corrected chi connectivity index (χ4v) is 10.7. The van der Waals surface area contributed by atoms with Crippen LogP contribution in [0.1, 0.15) is 277 Å². The van der Waals surface area contributed by atoms with Crippen molar-refractivity contribution >= 4 is 5.91 Å². The van der Waals surface area contributed by atoms with Crippen LogP contribution in [-0.2, 0) is 23.7 Å². The molecule has 0 aromatic carbocycles. The molecule has 14 nitrogen and oxygen atoms in total. The first-order valence-electron chi connectivity index (χ1n) is 32.1. The number of hydrogen-bond acceptors (Lipinski definition) is 13. The molecule has 0 saturated carbocycles. The molecule has 2 aliphatic rings. The van der Waals surface area contributed by atoms with Gasteiger partial charge in [-0.05, 0) is 32.1 Å². The number of carbonyl (C=O) groups excluding carboxylic acids is 1. The van der Waals surface area contributed by atoms with Gasteiger partial charge < -0.3 is 65.1 Å². The predicted molar refractivity (Wildman–Crippen MR) is 309 cm³/mol. The summed E-state index contributed by atoms with van der Waals surface area (Å²) in [4.78, 5) is 13.2. The van der Waals surface area contributed by atoms with Crippen LogP contribution in [0.2, 0.25) is 0 Å². The molecule has 2 fully saturated rings. The van der Waals surface area contributed by atoms with Gasteiger partial charge in [0.05, 0.1) is 32.0 Å². The van der Waals surface area contributed by atoms with Crippen molar-refractivity contribution in [2.24, 2.45) is 0 Å². The Morgan fingerprint density at radius 1 is 0.455 bits per heavy atom. The Bertz CT molecular complexity index is 1390. The molecule has 0 aliphatic carbocycles. The minimum Gasteiger partial charge on any atom is -0.394 e. The maximum absolute atomic E-state index is 13.2. The van der Waals surface area contributed by atoms with E-state index in [0.29, 0.717) is 12.8 Å². The second-order valence-electron chi connectivity index (χ2n) is 22.9. The highest BCUT2D eigenvalue weighted by atomic mass is 16.7. The van der Waals surface area contributed by atoms with Crippen LogP contribution in [0.25, 0.3) is 0 Å². The monoisotopic (exact) mass is 1100 g/mol. The van der Waals surface area contributed by atoms with Gasteiger partial charge in [0.15, 0.2) is 12.6 Å². The Balaban J connectivity index is 1.70. The molecule has 0 bridgehead atoms. The number of carbonyl (C=O) groups is 1. The average molecular weight is 1100 g/mol. The highest BCUT2D eigenvalue weighted by molar-refractivity contribution is 5.76. The molecule has 0 spiro atoms. The molecule has 2 saturated heterocycles. The number of unbranched alkanes of at least 4 members (excludes halogenated alkanes) is 37. The van der Waals surface area contributed by atoms with Gasteiger partial charge in [-0.2, -0.15) is 0 Å². The molecule has 14 heteroatoms. The zero-order valence-corrected chi connectivity index (χ0v) is 49.0. The topological polar surface area (TPSA) is 228 Å². The van der Waals surface area contributed by atoms with Crippen molar-refractivity contribution in [2.45, 2.75) is 351 Å². The van der Waals surface area contributed by atoms with Gasteiger partial charge in [-0.15, -0.1) is 0 Å². The van der Waals surface area contributed by atoms with Gasteiger partial charge in [-0.25, -0.2) is 0 Å². The summed E-state index contributed by atoms with van der Waals surface area (Å²) in [7, 11) is 0. The zero-order chi connectivity index (χ0) is 56.0. The molecular weight excluding hydrogens is 979 g/mol. The van der Waals surface area contributed by atoms with Crippen molar-refractivity contribution < 1.29 is 64.6 Å². The van der Waals surface area contributed by atoms with E-state index in [1.54, 1.807) is 6.08 Å². The normalized spacial score (nSPS) is 24.8. The van der Waals surface area contributed by atoms with E-state index in [2.05, 4.69) is 31.3 Å². The van der Waals surface area contributed by atoms with Crippen molar-refractivity contribution in [3.63, 3.8) is 0 Å². The van der Waals surface area contributed by atoms with E-state index >= 15 is 0 Å². The van der Waals surface area contributed by atoms with Gasteiger partial charge >= 0.3 is 0 Å². The highest BCUT2D eigenvalue weighted by Gasteiger charge is 2.51. The SMILES string of the molecule is CCCCCCCCCCCCCCCCCCCCCCCCC/C=C/CC/C=C/C(O)C(COC1OC(CO)C(OC2OC(CO)C(O)C(O)C2O)C(O)C1O)NC(=O)CCCCCCCCCCCCCCCC. The molecule has 2 aliphatic heterocycles. The lowest BCUT2D eigenvalue weighted by Gasteiger charge is -2.46. The van der Waals surface area contributed by atoms with Gasteiger partial charge in [-0.3, -0.25) is 4.79 Å². The van der Waals surface area contributed by atoms with Crippen LogP contribution in [0.3, 0.4) is 0 Å². The van der Waals surface area contributed by atoms with Gasteiger partial charge in [0.2, 0.25) is 5.91 Å². The van der Waals surface area contributed by atoms with Crippen LogP contribution in [-0.4, -0.2) is 140 Å². The lowest BCUT2D eigenvalue weighted by Crippen LogP contribution is -2.65. The summed E-state index contributed by atoms with van der Waals surface area (Å²) in [6.07, 6.45) is 42.4. The maximum Gasteiger partial charge on any atom is 0.220 e. The smallest absolute Gasteiger partial charge is 0.220 e. The van der Waals surface area contributed by atoms with Crippen molar-refractivity contribution in [1.29, 1.82) is 0 Å². The summed E-state index contributed by atoms with van der Waals surface area (Å²) in [5.41, 5.74) is 0. The van der Waals surface area contributed by atoms with Gasteiger partial charge in [0.25, 0.3) is 0 Å². The summed E-state index contributed by atoms with van der Waals surface area (Å²) in [5, 5.41) is 87.1. The minimum atomic E-state index is -1.79. The van der Waals surface area contributed by atoms with E-state index in [0.717, 1.165) is 32.1 Å². The first kappa shape index (κ1) is 71.6. The quantitative estimate of drug-likeness (QED) is 0.0204. The third kappa shape index (κ3) is 34.5. The van der Waals surface area contributed by atoms with E-state index in [9.17, 15) is 45.6 Å². The number of allylic oxidation sites excluding steroid dienone is 3. The van der Waals surface area contributed by atoms with Gasteiger partial charge in [-0.1, -0.05) is 263 Å². The van der Waals surface area contributed by atoms with Crippen molar-refractivity contribution in [1.82, 2.24) is 5.32 Å². The molecule has 454 valence electrons. The number of amides is 1. The van der Waals surface area contributed by atoms with E-state index in [1.165, 1.54) is 212 Å². The Kier molecular flexibility index (Phi) is 45.7. The third-order valence-corrected chi connectivity index (χ3v) is 15.9. The van der Waals surface area contributed by atoms with Crippen LogP contribution < -0.4 is 5.32 Å². The molecule has 0 aromatic rings. The summed E-state index contributed by atoms with van der Waals surface area (Å²) < 4.78 is 22.8. The molecule has 12 unspecified atom stereocenters. The van der Waals surface area contributed by atoms with E-state index in [4.69, 9.17) is 18.9 Å². The second kappa shape index (κ2) is 49.1. The zero-order valence-electron chi connectivity index (χ0n) is 49.0. The molecule has 77 heavy (non-hydrogen) atoms. The fourth-order valence-electron chi connectivity index (χ4n) is 10.7. The molecule has 2 rings (SSSR count). The lowest BCUT2D eigenvalue weighted by atomic mass is 9.97. The first-order valence-corrected chi connectivity index (χ1v) is 32.1. The van der Waals surface area contributed by atoms with E-state index < -0.39 is 86.8 Å². The predicted octanol–water partition coefficient (Wildman–Crippen LogP) is 11.6. The molecule has 9 N–H and O–H groups in total. The Morgan fingerprint density at radius 2 is 0.831 bits per heavy atom. The number of aliphatic hydroxyl groups is 8. The Hall–Kier alpha value is -1.53. The Labute approximate surface area is 468 Å². The average Bonchev–Trinajstić information content (AvgIpc) is 3.43. The molecule has 2 heterocycles. The maximum atomic E-state index is 13.2. The largest absolute Gasteiger partial charge is 0.394 e. The molecule has 0 aromatic heterocycles. The number of aliphatic hydroxyl groups excluding tert-OH is 8. The molecule has 12 atom stereocenters. The minimum absolute atomic E-state index is 0.245. The second-order valence-corrected chi connectivity index (χ2v) is 22.9. The van der Waals surface area contributed by atoms with Crippen LogP contribution in [0, 0.1) is 0 Å². The third-order valence-electron chi connectivity index (χ3n) is 15.9. The fraction of sp³-hybridized carbons (Fsp3) is 0.921. The summed E-state index contributed by atoms with van der Waals surface area (Å²) in [6.45, 7) is 2.81. The van der Waals surface area contributed by atoms with Crippen LogP contribution >= 0.6 is 0 Å². The van der Waals surface area contributed by atoms with E-state index in [1.807, 2.05) is 6.08 Å². The highest BCUT2D eigenvalue weighted by Crippen LogP contribution is 2.30. The first-order chi connectivity index (χ1) is 37.6. The van der Waals surface area contributed by atoms with Crippen molar-refractivity contribution in [2.75, 3.05) is 19.8 Å². The summed E-state index contributed by atoms with van der Waals surface area (Å²) in [6, 6.07) is -0.927. The lowest BCUT2D eigenvalue weighted by molar-refractivity contribution is -0.359. The van der Waals surface area contributed by atoms with E-state index in [-0.39, 0.29) is 18.9 Å². The molecule has 0 radical (unpaired) electrons. The molecular formula is C63H119NO13. The number of rotatable bonds is 52. The summed E-state index contributed by atoms with van der Waals surface area (Å²) in [5.74, 6) is -0.245. The van der Waals surface area contributed by atoms with Crippen molar-refractivity contribution in [3.05, 3.63) is 24.3 Å². The number of nitrogens with one attached hydrogen (secondary N) is 1.